The highest BCUT2D eigenvalue weighted by Gasteiger charge is 2.25. The van der Waals surface area contributed by atoms with Crippen LogP contribution in [0, 0.1) is 5.92 Å². The van der Waals surface area contributed by atoms with Crippen LogP contribution in [0.1, 0.15) is 18.1 Å². The number of allylic oxidation sites excluding steroid dienone is 5. The molecule has 0 saturated carbocycles. The highest BCUT2D eigenvalue weighted by molar-refractivity contribution is 5.79. The third kappa shape index (κ3) is 2.26. The van der Waals surface area contributed by atoms with E-state index in [1.165, 1.54) is 23.6 Å². The van der Waals surface area contributed by atoms with Gasteiger partial charge in [0.15, 0.2) is 0 Å². The summed E-state index contributed by atoms with van der Waals surface area (Å²) in [6.07, 6.45) is 9.52. The molecule has 1 atom stereocenters. The third-order valence-corrected chi connectivity index (χ3v) is 3.68. The molecule has 96 valence electrons. The minimum absolute atomic E-state index is 0.233. The lowest BCUT2D eigenvalue weighted by Gasteiger charge is -2.28. The molecule has 0 fully saturated rings. The Morgan fingerprint density at radius 1 is 1.32 bits per heavy atom. The van der Waals surface area contributed by atoms with Gasteiger partial charge in [0.1, 0.15) is 6.61 Å². The van der Waals surface area contributed by atoms with Crippen molar-refractivity contribution in [3.8, 4) is 0 Å². The van der Waals surface area contributed by atoms with E-state index in [1.807, 2.05) is 12.1 Å². The molecule has 2 aliphatic rings. The number of benzene rings is 1. The molecule has 3 rings (SSSR count). The Bertz CT molecular complexity index is 605. The van der Waals surface area contributed by atoms with Crippen LogP contribution >= 0.6 is 0 Å². The van der Waals surface area contributed by atoms with Gasteiger partial charge in [-0.25, -0.2) is 0 Å². The largest absolute Gasteiger partial charge is 0.461 e. The number of rotatable bonds is 2. The smallest absolute Gasteiger partial charge is 0.302 e. The molecule has 2 aliphatic carbocycles. The maximum absolute atomic E-state index is 11.1. The topological polar surface area (TPSA) is 26.3 Å². The number of hydrogen-bond donors (Lipinski definition) is 0. The number of ether oxygens (including phenoxy) is 1. The molecule has 1 aromatic rings. The van der Waals surface area contributed by atoms with Crippen LogP contribution in [0.25, 0.3) is 5.57 Å². The van der Waals surface area contributed by atoms with Crippen molar-refractivity contribution < 1.29 is 9.53 Å². The van der Waals surface area contributed by atoms with E-state index in [-0.39, 0.29) is 5.97 Å². The summed E-state index contributed by atoms with van der Waals surface area (Å²) in [6.45, 7) is 1.81. The maximum Gasteiger partial charge on any atom is 0.302 e. The fourth-order valence-electron chi connectivity index (χ4n) is 2.81. The van der Waals surface area contributed by atoms with Crippen molar-refractivity contribution in [3.63, 3.8) is 0 Å². The van der Waals surface area contributed by atoms with Crippen molar-refractivity contribution in [2.75, 3.05) is 6.61 Å². The van der Waals surface area contributed by atoms with E-state index in [0.29, 0.717) is 12.5 Å². The van der Waals surface area contributed by atoms with Gasteiger partial charge in [-0.2, -0.15) is 0 Å². The quantitative estimate of drug-likeness (QED) is 0.755. The van der Waals surface area contributed by atoms with Crippen LogP contribution in [-0.4, -0.2) is 12.6 Å². The minimum Gasteiger partial charge on any atom is -0.461 e. The summed E-state index contributed by atoms with van der Waals surface area (Å²) >= 11 is 0. The van der Waals surface area contributed by atoms with Crippen LogP contribution in [0.4, 0.5) is 0 Å². The summed E-state index contributed by atoms with van der Waals surface area (Å²) in [5.74, 6) is 0.175. The van der Waals surface area contributed by atoms with E-state index in [4.69, 9.17) is 4.74 Å². The molecular weight excluding hydrogens is 236 g/mol. The summed E-state index contributed by atoms with van der Waals surface area (Å²) in [6, 6.07) is 8.38. The van der Waals surface area contributed by atoms with Crippen molar-refractivity contribution >= 4 is 11.5 Å². The van der Waals surface area contributed by atoms with E-state index in [2.05, 4.69) is 36.4 Å². The van der Waals surface area contributed by atoms with E-state index in [0.717, 1.165) is 12.0 Å². The number of fused-ring (bicyclic) bond motifs is 2. The zero-order valence-corrected chi connectivity index (χ0v) is 10.9. The molecular formula is C17H16O2. The molecule has 0 aliphatic heterocycles. The van der Waals surface area contributed by atoms with Gasteiger partial charge in [-0.15, -0.1) is 0 Å². The number of carbonyl (C=O) groups excluding carboxylic acids is 1. The summed E-state index contributed by atoms with van der Waals surface area (Å²) in [7, 11) is 0. The van der Waals surface area contributed by atoms with Crippen molar-refractivity contribution in [1.82, 2.24) is 0 Å². The van der Waals surface area contributed by atoms with E-state index in [9.17, 15) is 4.79 Å². The maximum atomic E-state index is 11.1. The first-order chi connectivity index (χ1) is 9.25. The fraction of sp³-hybridized carbons (Fsp3) is 0.235. The Hall–Kier alpha value is -2.09. The summed E-state index contributed by atoms with van der Waals surface area (Å²) in [4.78, 5) is 11.1. The minimum atomic E-state index is -0.233. The molecule has 0 unspecified atom stereocenters. The molecule has 19 heavy (non-hydrogen) atoms. The third-order valence-electron chi connectivity index (χ3n) is 3.68. The van der Waals surface area contributed by atoms with Crippen LogP contribution in [0.15, 0.2) is 54.1 Å². The van der Waals surface area contributed by atoms with Crippen LogP contribution in [0.3, 0.4) is 0 Å². The molecule has 0 amide bonds. The van der Waals surface area contributed by atoms with Crippen LogP contribution in [-0.2, 0) is 16.0 Å². The first-order valence-corrected chi connectivity index (χ1v) is 6.55. The Balaban J connectivity index is 2.06. The second kappa shape index (κ2) is 4.88. The number of esters is 1. The van der Waals surface area contributed by atoms with Crippen molar-refractivity contribution in [2.24, 2.45) is 5.92 Å². The number of carbonyl (C=O) groups is 1. The van der Waals surface area contributed by atoms with Crippen molar-refractivity contribution in [3.05, 3.63) is 65.3 Å². The Morgan fingerprint density at radius 3 is 3.00 bits per heavy atom. The van der Waals surface area contributed by atoms with Gasteiger partial charge in [-0.1, -0.05) is 48.6 Å². The first-order valence-electron chi connectivity index (χ1n) is 6.55. The summed E-state index contributed by atoms with van der Waals surface area (Å²) in [5.41, 5.74) is 4.97. The second-order valence-corrected chi connectivity index (χ2v) is 4.93. The zero-order chi connectivity index (χ0) is 13.2. The molecule has 0 bridgehead atoms. The average molecular weight is 252 g/mol. The molecule has 0 saturated heterocycles. The van der Waals surface area contributed by atoms with Crippen LogP contribution < -0.4 is 0 Å². The van der Waals surface area contributed by atoms with Gasteiger partial charge in [-0.3, -0.25) is 4.79 Å². The van der Waals surface area contributed by atoms with Gasteiger partial charge in [-0.05, 0) is 23.1 Å². The predicted molar refractivity (Wildman–Crippen MR) is 75.5 cm³/mol. The van der Waals surface area contributed by atoms with E-state index < -0.39 is 0 Å². The lowest BCUT2D eigenvalue weighted by molar-refractivity contribution is -0.139. The van der Waals surface area contributed by atoms with Crippen LogP contribution in [0.5, 0.6) is 0 Å². The van der Waals surface area contributed by atoms with Gasteiger partial charge >= 0.3 is 5.97 Å². The predicted octanol–water partition coefficient (Wildman–Crippen LogP) is 3.30. The van der Waals surface area contributed by atoms with Gasteiger partial charge in [0.25, 0.3) is 0 Å². The van der Waals surface area contributed by atoms with Crippen molar-refractivity contribution in [1.29, 1.82) is 0 Å². The first kappa shape index (κ1) is 12.0. The standard InChI is InChI=1S/C17H16O2/c1-12(18)19-11-17-15-8-4-2-6-13(15)10-14-7-3-5-9-16(14)17/h2-9,13H,10-11H2,1H3/t13-/m1/s1. The summed E-state index contributed by atoms with van der Waals surface area (Å²) < 4.78 is 5.23. The Labute approximate surface area is 113 Å². The van der Waals surface area contributed by atoms with Crippen molar-refractivity contribution in [2.45, 2.75) is 13.3 Å². The molecule has 2 heteroatoms. The van der Waals surface area contributed by atoms with Crippen LogP contribution in [0.2, 0.25) is 0 Å². The molecule has 0 spiro atoms. The highest BCUT2D eigenvalue weighted by atomic mass is 16.5. The lowest BCUT2D eigenvalue weighted by Crippen LogP contribution is -2.18. The monoisotopic (exact) mass is 252 g/mol. The second-order valence-electron chi connectivity index (χ2n) is 4.93. The Morgan fingerprint density at radius 2 is 2.16 bits per heavy atom. The zero-order valence-electron chi connectivity index (χ0n) is 10.9. The van der Waals surface area contributed by atoms with Gasteiger partial charge in [0.2, 0.25) is 0 Å². The highest BCUT2D eigenvalue weighted by Crippen LogP contribution is 2.37. The normalized spacial score (nSPS) is 19.9. The Kier molecular flexibility index (Phi) is 3.08. The molecule has 1 aromatic carbocycles. The fourth-order valence-corrected chi connectivity index (χ4v) is 2.81. The average Bonchev–Trinajstić information content (AvgIpc) is 2.43. The molecule has 2 nitrogen and oxygen atoms in total. The molecule has 0 N–H and O–H groups in total. The SMILES string of the molecule is CC(=O)OCC1=C2C=CC=C[C@@H]2Cc2ccccc21. The lowest BCUT2D eigenvalue weighted by atomic mass is 9.77. The summed E-state index contributed by atoms with van der Waals surface area (Å²) in [5, 5.41) is 0. The molecule has 0 aromatic heterocycles. The van der Waals surface area contributed by atoms with Gasteiger partial charge < -0.3 is 4.74 Å². The van der Waals surface area contributed by atoms with Gasteiger partial charge in [0, 0.05) is 18.4 Å². The molecule has 0 heterocycles. The van der Waals surface area contributed by atoms with E-state index >= 15 is 0 Å². The van der Waals surface area contributed by atoms with E-state index in [1.54, 1.807) is 0 Å². The number of hydrogen-bond acceptors (Lipinski definition) is 2. The molecule has 0 radical (unpaired) electrons. The van der Waals surface area contributed by atoms with Gasteiger partial charge in [0.05, 0.1) is 0 Å².